The lowest BCUT2D eigenvalue weighted by Gasteiger charge is -2.20. The molecule has 4 rings (SSSR count). The molecule has 1 N–H and O–H groups in total. The van der Waals surface area contributed by atoms with Gasteiger partial charge in [0, 0.05) is 35.5 Å². The second-order valence-corrected chi connectivity index (χ2v) is 9.25. The van der Waals surface area contributed by atoms with Crippen molar-refractivity contribution in [2.45, 2.75) is 39.2 Å². The molecule has 4 aromatic rings. The molecular weight excluding hydrogens is 540 g/mol. The summed E-state index contributed by atoms with van der Waals surface area (Å²) in [4.78, 5) is 23.3. The van der Waals surface area contributed by atoms with Crippen molar-refractivity contribution in [2.75, 3.05) is 18.5 Å². The molecule has 13 heteroatoms. The predicted octanol–water partition coefficient (Wildman–Crippen LogP) is 7.91. The van der Waals surface area contributed by atoms with E-state index in [1.54, 1.807) is 13.8 Å². The van der Waals surface area contributed by atoms with Crippen LogP contribution < -0.4 is 10.1 Å². The molecule has 0 saturated carbocycles. The lowest BCUT2D eigenvalue weighted by molar-refractivity contribution is 0.282. The smallest absolute Gasteiger partial charge is 0.316 e. The molecule has 0 aliphatic carbocycles. The minimum absolute atomic E-state index is 0.0179. The van der Waals surface area contributed by atoms with Crippen molar-refractivity contribution in [1.29, 1.82) is 0 Å². The SMILES string of the molecule is [C-]#[N+]c1ccc(F)c([C@@H](C)Nc2c(Cl)c(C)nc3cc(F)c(-c4cnc(OCCCCCN=[N+]=[N-])nc4)nc23)c1. The van der Waals surface area contributed by atoms with Crippen LogP contribution in [0.1, 0.15) is 43.5 Å². The Bertz CT molecular complexity index is 1620. The molecule has 10 nitrogen and oxygen atoms in total. The first-order chi connectivity index (χ1) is 19.3. The van der Waals surface area contributed by atoms with Gasteiger partial charge >= 0.3 is 6.01 Å². The lowest BCUT2D eigenvalue weighted by Crippen LogP contribution is -2.11. The first-order valence-corrected chi connectivity index (χ1v) is 12.8. The Hall–Kier alpha value is -4.59. The number of rotatable bonds is 11. The van der Waals surface area contributed by atoms with Crippen LogP contribution in [0.3, 0.4) is 0 Å². The first kappa shape index (κ1) is 28.4. The van der Waals surface area contributed by atoms with Crippen LogP contribution in [0, 0.1) is 25.1 Å². The first-order valence-electron chi connectivity index (χ1n) is 12.4. The largest absolute Gasteiger partial charge is 0.463 e. The van der Waals surface area contributed by atoms with Crippen LogP contribution in [0.25, 0.3) is 37.6 Å². The van der Waals surface area contributed by atoms with Crippen LogP contribution in [0.2, 0.25) is 5.02 Å². The second kappa shape index (κ2) is 13.0. The number of hydrogen-bond donors (Lipinski definition) is 1. The number of halogens is 3. The molecule has 3 heterocycles. The molecule has 0 aliphatic heterocycles. The van der Waals surface area contributed by atoms with Crippen LogP contribution in [-0.4, -0.2) is 33.1 Å². The summed E-state index contributed by atoms with van der Waals surface area (Å²) in [5.74, 6) is -1.11. The normalized spacial score (nSPS) is 11.5. The van der Waals surface area contributed by atoms with Crippen molar-refractivity contribution >= 4 is 34.0 Å². The number of azide groups is 1. The highest BCUT2D eigenvalue weighted by Gasteiger charge is 2.20. The van der Waals surface area contributed by atoms with Crippen molar-refractivity contribution < 1.29 is 13.5 Å². The van der Waals surface area contributed by atoms with Crippen molar-refractivity contribution in [3.63, 3.8) is 0 Å². The maximum absolute atomic E-state index is 15.2. The number of aryl methyl sites for hydroxylation is 1. The van der Waals surface area contributed by atoms with Gasteiger partial charge in [-0.15, -0.1) is 0 Å². The number of unbranched alkanes of at least 4 members (excludes halogenated alkanes) is 2. The quantitative estimate of drug-likeness (QED) is 0.0649. The highest BCUT2D eigenvalue weighted by atomic mass is 35.5. The molecule has 204 valence electrons. The molecule has 0 saturated heterocycles. The molecule has 40 heavy (non-hydrogen) atoms. The van der Waals surface area contributed by atoms with E-state index in [0.29, 0.717) is 35.8 Å². The minimum Gasteiger partial charge on any atom is -0.463 e. The summed E-state index contributed by atoms with van der Waals surface area (Å²) < 4.78 is 35.3. The summed E-state index contributed by atoms with van der Waals surface area (Å²) in [5, 5.41) is 6.92. The zero-order valence-electron chi connectivity index (χ0n) is 21.7. The fraction of sp³-hybridized carbons (Fsp3) is 0.296. The highest BCUT2D eigenvalue weighted by molar-refractivity contribution is 6.35. The number of hydrogen-bond acceptors (Lipinski definition) is 7. The molecule has 0 unspecified atom stereocenters. The number of anilines is 1. The van der Waals surface area contributed by atoms with E-state index in [1.165, 1.54) is 36.7 Å². The zero-order chi connectivity index (χ0) is 28.6. The van der Waals surface area contributed by atoms with Gasteiger partial charge < -0.3 is 10.1 Å². The Morgan fingerprint density at radius 1 is 1.12 bits per heavy atom. The molecule has 0 bridgehead atoms. The fourth-order valence-corrected chi connectivity index (χ4v) is 4.19. The molecule has 0 fully saturated rings. The second-order valence-electron chi connectivity index (χ2n) is 8.87. The van der Waals surface area contributed by atoms with E-state index in [-0.39, 0.29) is 33.3 Å². The third kappa shape index (κ3) is 6.51. The van der Waals surface area contributed by atoms with Crippen molar-refractivity contribution in [2.24, 2.45) is 5.11 Å². The highest BCUT2D eigenvalue weighted by Crippen LogP contribution is 2.36. The number of nitrogens with zero attached hydrogens (tertiary/aromatic N) is 8. The molecule has 0 amide bonds. The Balaban J connectivity index is 1.60. The van der Waals surface area contributed by atoms with E-state index in [2.05, 4.69) is 40.1 Å². The third-order valence-corrected chi connectivity index (χ3v) is 6.51. The monoisotopic (exact) mass is 563 g/mol. The van der Waals surface area contributed by atoms with Crippen molar-refractivity contribution in [3.05, 3.63) is 86.4 Å². The number of ether oxygens (including phenoxy) is 1. The zero-order valence-corrected chi connectivity index (χ0v) is 22.5. The van der Waals surface area contributed by atoms with Gasteiger partial charge in [0.1, 0.15) is 17.0 Å². The van der Waals surface area contributed by atoms with E-state index in [1.807, 2.05) is 0 Å². The minimum atomic E-state index is -0.631. The Kier molecular flexibility index (Phi) is 9.22. The van der Waals surface area contributed by atoms with Gasteiger partial charge in [-0.05, 0) is 56.3 Å². The van der Waals surface area contributed by atoms with Crippen LogP contribution in [0.15, 0.2) is 41.8 Å². The van der Waals surface area contributed by atoms with Gasteiger partial charge in [0.25, 0.3) is 0 Å². The number of benzene rings is 1. The van der Waals surface area contributed by atoms with Gasteiger partial charge in [-0.3, -0.25) is 0 Å². The maximum atomic E-state index is 15.2. The molecule has 1 atom stereocenters. The van der Waals surface area contributed by atoms with E-state index in [4.69, 9.17) is 28.4 Å². The molecule has 1 aromatic carbocycles. The molecule has 3 aromatic heterocycles. The summed E-state index contributed by atoms with van der Waals surface area (Å²) in [6.45, 7) is 11.5. The van der Waals surface area contributed by atoms with E-state index in [0.717, 1.165) is 19.3 Å². The summed E-state index contributed by atoms with van der Waals surface area (Å²) in [6.07, 6.45) is 5.14. The summed E-state index contributed by atoms with van der Waals surface area (Å²) in [5.41, 5.74) is 10.5. The van der Waals surface area contributed by atoms with E-state index >= 15 is 4.39 Å². The van der Waals surface area contributed by atoms with Gasteiger partial charge in [0.05, 0.1) is 41.1 Å². The van der Waals surface area contributed by atoms with Gasteiger partial charge in [-0.25, -0.2) is 33.6 Å². The maximum Gasteiger partial charge on any atom is 0.316 e. The number of fused-ring (bicyclic) bond motifs is 1. The molecule has 0 radical (unpaired) electrons. The van der Waals surface area contributed by atoms with E-state index in [9.17, 15) is 4.39 Å². The predicted molar refractivity (Wildman–Crippen MR) is 148 cm³/mol. The Morgan fingerprint density at radius 2 is 1.90 bits per heavy atom. The summed E-state index contributed by atoms with van der Waals surface area (Å²) >= 11 is 6.59. The molecule has 0 aliphatic rings. The van der Waals surface area contributed by atoms with Gasteiger partial charge in [-0.1, -0.05) is 22.8 Å². The summed E-state index contributed by atoms with van der Waals surface area (Å²) in [7, 11) is 0. The van der Waals surface area contributed by atoms with Gasteiger partial charge in [0.2, 0.25) is 0 Å². The number of pyridine rings is 2. The average molecular weight is 564 g/mol. The standard InChI is InChI=1S/C27H24ClF2N9O/c1-15(19-11-18(32-3)7-8-20(19)29)37-26-23(28)16(2)36-22-12-21(30)24(38-25(22)26)17-13-33-27(34-14-17)40-10-6-4-5-9-35-39-31/h7-8,11-15H,4-6,9-10H2,1-2H3,(H,36,37)/t15-/m1/s1. The van der Waals surface area contributed by atoms with Crippen molar-refractivity contribution in [1.82, 2.24) is 19.9 Å². The molecular formula is C27H24ClF2N9O. The Labute approximate surface area is 233 Å². The van der Waals surface area contributed by atoms with Crippen molar-refractivity contribution in [3.8, 4) is 17.3 Å². The third-order valence-electron chi connectivity index (χ3n) is 6.05. The van der Waals surface area contributed by atoms with Crippen LogP contribution >= 0.6 is 11.6 Å². The topological polar surface area (TPSA) is 126 Å². The van der Waals surface area contributed by atoms with Crippen LogP contribution in [0.5, 0.6) is 6.01 Å². The number of aromatic nitrogens is 4. The van der Waals surface area contributed by atoms with E-state index < -0.39 is 17.7 Å². The lowest BCUT2D eigenvalue weighted by atomic mass is 10.1. The van der Waals surface area contributed by atoms with Crippen LogP contribution in [0.4, 0.5) is 20.2 Å². The van der Waals surface area contributed by atoms with Gasteiger partial charge in [-0.2, -0.15) is 0 Å². The fourth-order valence-electron chi connectivity index (χ4n) is 4.01. The Morgan fingerprint density at radius 3 is 2.62 bits per heavy atom. The van der Waals surface area contributed by atoms with Gasteiger partial charge in [0.15, 0.2) is 11.5 Å². The van der Waals surface area contributed by atoms with Crippen LogP contribution in [-0.2, 0) is 0 Å². The summed E-state index contributed by atoms with van der Waals surface area (Å²) in [6, 6.07) is 4.90. The average Bonchev–Trinajstić information content (AvgIpc) is 2.95. The molecule has 0 spiro atoms. The number of nitrogens with one attached hydrogen (secondary N) is 1.